The van der Waals surface area contributed by atoms with Gasteiger partial charge in [-0.1, -0.05) is 62.3 Å². The van der Waals surface area contributed by atoms with E-state index >= 15 is 0 Å². The van der Waals surface area contributed by atoms with Crippen molar-refractivity contribution in [3.05, 3.63) is 97.5 Å². The van der Waals surface area contributed by atoms with E-state index < -0.39 is 8.07 Å². The quantitative estimate of drug-likeness (QED) is 0.455. The Morgan fingerprint density at radius 2 is 1.33 bits per heavy atom. The fourth-order valence-electron chi connectivity index (χ4n) is 4.31. The molecule has 136 valence electrons. The molecule has 0 atom stereocenters. The maximum atomic E-state index is 2.41. The van der Waals surface area contributed by atoms with Gasteiger partial charge in [0.15, 0.2) is 0 Å². The number of hydrogen-bond donors (Lipinski definition) is 0. The third-order valence-corrected chi connectivity index (χ3v) is 11.0. The van der Waals surface area contributed by atoms with Crippen molar-refractivity contribution in [1.29, 1.82) is 0 Å². The fraction of sp³-hybridized carbons (Fsp3) is 0.167. The topological polar surface area (TPSA) is 9.86 Å². The Bertz CT molecular complexity index is 996. The van der Waals surface area contributed by atoms with Crippen LogP contribution in [0.4, 0.5) is 0 Å². The van der Waals surface area contributed by atoms with Gasteiger partial charge in [0.05, 0.1) is 0 Å². The molecule has 27 heavy (non-hydrogen) atoms. The number of rotatable bonds is 3. The third kappa shape index (κ3) is 2.98. The molecule has 0 N–H and O–H groups in total. The predicted octanol–water partition coefficient (Wildman–Crippen LogP) is 4.87. The summed E-state index contributed by atoms with van der Waals surface area (Å²) in [6, 6.07) is 30.4. The zero-order valence-corrected chi connectivity index (χ0v) is 17.0. The largest absolute Gasteiger partial charge is 0.325 e. The van der Waals surface area contributed by atoms with Crippen molar-refractivity contribution in [1.82, 2.24) is 9.13 Å². The molecular weight excluding hydrogens is 344 g/mol. The summed E-state index contributed by atoms with van der Waals surface area (Å²) in [4.78, 5) is 0. The van der Waals surface area contributed by atoms with E-state index in [9.17, 15) is 0 Å². The molecule has 0 fully saturated rings. The molecule has 2 nitrogen and oxygen atoms in total. The molecule has 1 aliphatic rings. The molecule has 2 aromatic heterocycles. The van der Waals surface area contributed by atoms with E-state index in [1.165, 1.54) is 23.5 Å². The number of nitrogens with zero attached hydrogens (tertiary/aromatic N) is 2. The van der Waals surface area contributed by atoms with Crippen LogP contribution < -0.4 is 10.5 Å². The summed E-state index contributed by atoms with van der Waals surface area (Å²) in [7, 11) is -1.41. The number of para-hydroxylation sites is 2. The maximum Gasteiger partial charge on any atom is 0.141 e. The summed E-state index contributed by atoms with van der Waals surface area (Å²) in [5, 5.41) is 3.23. The molecule has 0 aliphatic carbocycles. The Morgan fingerprint density at radius 3 is 2.04 bits per heavy atom. The van der Waals surface area contributed by atoms with E-state index in [0.29, 0.717) is 0 Å². The Hall–Kier alpha value is -2.78. The summed E-state index contributed by atoms with van der Waals surface area (Å²) >= 11 is 0. The van der Waals surface area contributed by atoms with Crippen LogP contribution in [0.5, 0.6) is 0 Å². The van der Waals surface area contributed by atoms with E-state index in [2.05, 4.69) is 77.7 Å². The van der Waals surface area contributed by atoms with Crippen LogP contribution in [-0.4, -0.2) is 17.2 Å². The second kappa shape index (κ2) is 7.45. The number of fused-ring (bicyclic) bond motifs is 3. The second-order valence-corrected chi connectivity index (χ2v) is 11.6. The zero-order chi connectivity index (χ0) is 18.7. The number of hydrogen-bond acceptors (Lipinski definition) is 0. The van der Waals surface area contributed by atoms with Gasteiger partial charge in [-0.05, 0) is 47.7 Å². The predicted molar refractivity (Wildman–Crippen MR) is 118 cm³/mol. The first kappa shape index (κ1) is 17.6. The highest BCUT2D eigenvalue weighted by atomic mass is 28.3. The molecule has 0 amide bonds. The number of benzene rings is 2. The summed E-state index contributed by atoms with van der Waals surface area (Å²) < 4.78 is 4.49. The van der Waals surface area contributed by atoms with Crippen LogP contribution in [0.2, 0.25) is 12.1 Å². The van der Waals surface area contributed by atoms with Crippen molar-refractivity contribution in [3.8, 4) is 11.4 Å². The molecule has 0 unspecified atom stereocenters. The summed E-state index contributed by atoms with van der Waals surface area (Å²) in [6.07, 6.45) is 6.29. The molecule has 0 radical (unpaired) electrons. The minimum absolute atomic E-state index is 1.21. The van der Waals surface area contributed by atoms with E-state index in [-0.39, 0.29) is 0 Å². The lowest BCUT2D eigenvalue weighted by Gasteiger charge is -2.24. The van der Waals surface area contributed by atoms with E-state index in [4.69, 9.17) is 0 Å². The van der Waals surface area contributed by atoms with Crippen molar-refractivity contribution in [2.45, 2.75) is 25.9 Å². The average Bonchev–Trinajstić information content (AvgIpc) is 3.47. The van der Waals surface area contributed by atoms with Gasteiger partial charge in [0.1, 0.15) is 8.07 Å². The third-order valence-electron chi connectivity index (χ3n) is 5.78. The molecule has 5 rings (SSSR count). The van der Waals surface area contributed by atoms with Crippen molar-refractivity contribution in [3.63, 3.8) is 0 Å². The van der Waals surface area contributed by atoms with E-state index in [1.807, 2.05) is 42.7 Å². The molecule has 0 saturated carbocycles. The first-order valence-electron chi connectivity index (χ1n) is 9.76. The van der Waals surface area contributed by atoms with Gasteiger partial charge in [-0.2, -0.15) is 0 Å². The average molecular weight is 371 g/mol. The molecule has 0 saturated heterocycles. The Kier molecular flexibility index (Phi) is 4.86. The number of aromatic nitrogens is 2. The Morgan fingerprint density at radius 1 is 0.667 bits per heavy atom. The monoisotopic (exact) mass is 370 g/mol. The van der Waals surface area contributed by atoms with Gasteiger partial charge in [-0.25, -0.2) is 0 Å². The lowest BCUT2D eigenvalue weighted by atomic mass is 10.3. The van der Waals surface area contributed by atoms with Gasteiger partial charge in [0, 0.05) is 35.3 Å². The summed E-state index contributed by atoms with van der Waals surface area (Å²) in [6.45, 7) is 4.71. The zero-order valence-electron chi connectivity index (χ0n) is 16.0. The molecular formula is C24H26N2Si. The smallest absolute Gasteiger partial charge is 0.141 e. The van der Waals surface area contributed by atoms with Gasteiger partial charge in [-0.15, -0.1) is 0 Å². The molecule has 3 heteroatoms. The van der Waals surface area contributed by atoms with Crippen LogP contribution in [0.1, 0.15) is 13.8 Å². The molecule has 4 aromatic rings. The van der Waals surface area contributed by atoms with Crippen molar-refractivity contribution in [2.75, 3.05) is 0 Å². The van der Waals surface area contributed by atoms with Crippen LogP contribution >= 0.6 is 0 Å². The SMILES string of the molecule is CC[Si]1(CC)c2ccccc2-n2cccc21.c1ccc(-n2cccc2)cc1. The van der Waals surface area contributed by atoms with Crippen LogP contribution in [0.15, 0.2) is 97.5 Å². The van der Waals surface area contributed by atoms with Crippen LogP contribution in [0.25, 0.3) is 11.4 Å². The molecule has 1 aliphatic heterocycles. The van der Waals surface area contributed by atoms with Gasteiger partial charge < -0.3 is 9.13 Å². The van der Waals surface area contributed by atoms with Crippen molar-refractivity contribution in [2.24, 2.45) is 0 Å². The van der Waals surface area contributed by atoms with Crippen LogP contribution in [0.3, 0.4) is 0 Å². The Labute approximate surface area is 162 Å². The molecule has 0 bridgehead atoms. The van der Waals surface area contributed by atoms with Gasteiger partial charge in [0.2, 0.25) is 0 Å². The second-order valence-electron chi connectivity index (χ2n) is 7.00. The van der Waals surface area contributed by atoms with E-state index in [1.54, 1.807) is 10.5 Å². The van der Waals surface area contributed by atoms with E-state index in [0.717, 1.165) is 0 Å². The minimum atomic E-state index is -1.41. The van der Waals surface area contributed by atoms with Gasteiger partial charge >= 0.3 is 0 Å². The lowest BCUT2D eigenvalue weighted by Crippen LogP contribution is -2.54. The van der Waals surface area contributed by atoms with Gasteiger partial charge in [-0.3, -0.25) is 0 Å². The highest BCUT2D eigenvalue weighted by molar-refractivity contribution is 7.03. The summed E-state index contributed by atoms with van der Waals surface area (Å²) in [5.74, 6) is 0. The minimum Gasteiger partial charge on any atom is -0.325 e. The first-order valence-corrected chi connectivity index (χ1v) is 12.2. The highest BCUT2D eigenvalue weighted by Crippen LogP contribution is 2.25. The first-order chi connectivity index (χ1) is 13.3. The molecule has 2 aromatic carbocycles. The fourth-order valence-corrected chi connectivity index (χ4v) is 8.75. The Balaban J connectivity index is 0.000000143. The molecule has 0 spiro atoms. The van der Waals surface area contributed by atoms with Crippen molar-refractivity contribution >= 4 is 18.6 Å². The van der Waals surface area contributed by atoms with Crippen molar-refractivity contribution < 1.29 is 0 Å². The van der Waals surface area contributed by atoms with Gasteiger partial charge in [0.25, 0.3) is 0 Å². The standard InChI is InChI=1S/C14H17NSi.C10H9N/c1-3-16(4-2)13-9-6-5-8-12(13)15-11-7-10-14(15)16;1-2-6-10(7-3-1)11-8-4-5-9-11/h5-11H,3-4H2,1-2H3;1-9H. The summed E-state index contributed by atoms with van der Waals surface area (Å²) in [5.41, 5.74) is 2.63. The van der Waals surface area contributed by atoms with Crippen LogP contribution in [0, 0.1) is 0 Å². The highest BCUT2D eigenvalue weighted by Gasteiger charge is 2.42. The molecule has 3 heterocycles. The van der Waals surface area contributed by atoms with Crippen LogP contribution in [-0.2, 0) is 0 Å². The maximum absolute atomic E-state index is 2.41. The normalized spacial score (nSPS) is 13.4. The lowest BCUT2D eigenvalue weighted by molar-refractivity contribution is 1.08.